The molecule has 3 rings (SSSR count). The van der Waals surface area contributed by atoms with Crippen LogP contribution in [0.1, 0.15) is 28.2 Å². The Labute approximate surface area is 268 Å². The van der Waals surface area contributed by atoms with Crippen molar-refractivity contribution in [3.63, 3.8) is 0 Å². The Hall–Kier alpha value is -1.72. The first-order chi connectivity index (χ1) is 17.6. The van der Waals surface area contributed by atoms with Crippen molar-refractivity contribution in [2.45, 2.75) is 31.3 Å². The minimum absolute atomic E-state index is 0. The number of piperazine rings is 1. The van der Waals surface area contributed by atoms with Gasteiger partial charge in [0, 0.05) is 31.2 Å². The second-order valence-electron chi connectivity index (χ2n) is 8.46. The van der Waals surface area contributed by atoms with E-state index in [1.54, 1.807) is 29.6 Å². The summed E-state index contributed by atoms with van der Waals surface area (Å²) in [6.45, 7) is -0.0318. The van der Waals surface area contributed by atoms with Crippen molar-refractivity contribution in [1.29, 1.82) is 0 Å². The van der Waals surface area contributed by atoms with E-state index in [9.17, 15) is 22.8 Å². The number of rotatable bonds is 12. The molecule has 12 nitrogen and oxygen atoms in total. The predicted molar refractivity (Wildman–Crippen MR) is 140 cm³/mol. The van der Waals surface area contributed by atoms with Gasteiger partial charge in [0.1, 0.15) is 6.04 Å². The maximum absolute atomic E-state index is 13.3. The fraction of sp³-hybridized carbons (Fsp3) is 0.391. The molecule has 38 heavy (non-hydrogen) atoms. The van der Waals surface area contributed by atoms with Gasteiger partial charge in [0.05, 0.1) is 22.6 Å². The van der Waals surface area contributed by atoms with E-state index in [0.717, 1.165) is 21.2 Å². The molecule has 0 saturated carbocycles. The number of sulfonamides is 1. The summed E-state index contributed by atoms with van der Waals surface area (Å²) in [6.07, 6.45) is 5.55. The smallest absolute Gasteiger partial charge is 0.370 e. The number of thiazole rings is 1. The summed E-state index contributed by atoms with van der Waals surface area (Å²) in [5.74, 6) is -1.48. The first kappa shape index (κ1) is 32.5. The summed E-state index contributed by atoms with van der Waals surface area (Å²) in [4.78, 5) is 48.4. The van der Waals surface area contributed by atoms with E-state index in [1.807, 2.05) is 6.07 Å². The van der Waals surface area contributed by atoms with Crippen LogP contribution in [0.25, 0.3) is 0 Å². The number of aromatic nitrogens is 1. The Kier molecular flexibility index (Phi) is 13.0. The van der Waals surface area contributed by atoms with Crippen LogP contribution in [-0.4, -0.2) is 84.4 Å². The van der Waals surface area contributed by atoms with Crippen LogP contribution >= 0.6 is 11.3 Å². The molecule has 1 fully saturated rings. The Morgan fingerprint density at radius 3 is 2.55 bits per heavy atom. The molecule has 5 N–H and O–H groups in total. The Bertz CT molecular complexity index is 1220. The van der Waals surface area contributed by atoms with E-state index in [2.05, 4.69) is 21.5 Å². The van der Waals surface area contributed by atoms with E-state index in [4.69, 9.17) is 11.5 Å². The van der Waals surface area contributed by atoms with Crippen molar-refractivity contribution in [1.82, 2.24) is 19.5 Å². The Morgan fingerprint density at radius 1 is 1.24 bits per heavy atom. The standard InChI is InChI=1S/C23H30N7O5S2.K/c1-37(34,35)30-12-11-29(22(33)18(30)14-16-6-3-2-4-7-16)15-19(31)28-17(8-5-9-27-23(24)25)20(32)21-26-10-13-36-21;/h2-4,6-7,10,13,17-18H,1,5,8-9,11-12,14-15H2,(H,28,31)(H4,24,25,27);/q-1;+1. The largest absolute Gasteiger partial charge is 1.00 e. The van der Waals surface area contributed by atoms with Crippen LogP contribution < -0.4 is 68.2 Å². The number of nitrogens with zero attached hydrogens (tertiary/aromatic N) is 4. The molecular weight excluding hydrogens is 558 g/mol. The molecule has 1 aliphatic heterocycles. The number of carbonyl (C=O) groups is 3. The molecule has 0 bridgehead atoms. The molecule has 0 spiro atoms. The van der Waals surface area contributed by atoms with Crippen LogP contribution in [-0.2, 0) is 26.0 Å². The number of carbonyl (C=O) groups excluding carboxylic acids is 3. The normalized spacial score (nSPS) is 16.8. The van der Waals surface area contributed by atoms with Crippen LogP contribution in [0.3, 0.4) is 0 Å². The summed E-state index contributed by atoms with van der Waals surface area (Å²) in [5, 5.41) is 4.61. The molecule has 2 heterocycles. The first-order valence-corrected chi connectivity index (χ1v) is 14.0. The zero-order valence-electron chi connectivity index (χ0n) is 21.2. The van der Waals surface area contributed by atoms with Crippen LogP contribution in [0.5, 0.6) is 0 Å². The van der Waals surface area contributed by atoms with Crippen LogP contribution in [0.2, 0.25) is 0 Å². The molecule has 2 atom stereocenters. The average molecular weight is 588 g/mol. The average Bonchev–Trinajstić information content (AvgIpc) is 3.38. The van der Waals surface area contributed by atoms with Gasteiger partial charge < -0.3 is 21.7 Å². The fourth-order valence-electron chi connectivity index (χ4n) is 4.02. The van der Waals surface area contributed by atoms with Crippen molar-refractivity contribution in [2.24, 2.45) is 16.5 Å². The monoisotopic (exact) mass is 587 g/mol. The third-order valence-electron chi connectivity index (χ3n) is 5.74. The van der Waals surface area contributed by atoms with Crippen LogP contribution in [0, 0.1) is 6.26 Å². The maximum atomic E-state index is 13.3. The van der Waals surface area contributed by atoms with E-state index in [1.165, 1.54) is 11.1 Å². The van der Waals surface area contributed by atoms with Crippen molar-refractivity contribution < 1.29 is 74.2 Å². The summed E-state index contributed by atoms with van der Waals surface area (Å²) in [6, 6.07) is 7.09. The van der Waals surface area contributed by atoms with Crippen molar-refractivity contribution in [3.8, 4) is 0 Å². The number of ketones is 1. The molecular formula is C23H30KN7O5S2. The Balaban J connectivity index is 0.00000507. The number of benzene rings is 1. The van der Waals surface area contributed by atoms with Crippen LogP contribution in [0.15, 0.2) is 46.9 Å². The summed E-state index contributed by atoms with van der Waals surface area (Å²) in [7, 11) is -3.90. The van der Waals surface area contributed by atoms with Crippen molar-refractivity contribution >= 4 is 44.9 Å². The molecule has 0 aliphatic carbocycles. The van der Waals surface area contributed by atoms with Gasteiger partial charge in [-0.3, -0.25) is 19.4 Å². The van der Waals surface area contributed by atoms with Gasteiger partial charge >= 0.3 is 51.4 Å². The Morgan fingerprint density at radius 2 is 1.95 bits per heavy atom. The van der Waals surface area contributed by atoms with Gasteiger partial charge in [-0.05, 0) is 24.8 Å². The van der Waals surface area contributed by atoms with Crippen LogP contribution in [0.4, 0.5) is 0 Å². The van der Waals surface area contributed by atoms with Gasteiger partial charge in [0.15, 0.2) is 11.0 Å². The number of amides is 2. The van der Waals surface area contributed by atoms with E-state index in [-0.39, 0.29) is 107 Å². The quantitative estimate of drug-likeness (QED) is 0.0578. The SMILES string of the molecule is [CH2-]S(=O)(=O)N1CCN(CC(=O)NC(CCCN=C(N)N)C(=O)c2nccs2)C(=O)C1Cc1ccccc1.[K+]. The van der Waals surface area contributed by atoms with Gasteiger partial charge in [-0.15, -0.1) is 11.3 Å². The van der Waals surface area contributed by atoms with E-state index >= 15 is 0 Å². The van der Waals surface area contributed by atoms with Gasteiger partial charge in [-0.2, -0.15) is 0 Å². The number of hydrogen-bond donors (Lipinski definition) is 3. The molecule has 2 unspecified atom stereocenters. The minimum Gasteiger partial charge on any atom is -0.370 e. The maximum Gasteiger partial charge on any atom is 1.00 e. The van der Waals surface area contributed by atoms with E-state index in [0.29, 0.717) is 6.42 Å². The molecule has 1 saturated heterocycles. The van der Waals surface area contributed by atoms with Crippen molar-refractivity contribution in [2.75, 3.05) is 26.2 Å². The minimum atomic E-state index is -3.90. The summed E-state index contributed by atoms with van der Waals surface area (Å²) in [5.41, 5.74) is 11.5. The van der Waals surface area contributed by atoms with Crippen molar-refractivity contribution in [3.05, 3.63) is 58.7 Å². The number of hydrogen-bond acceptors (Lipinski definition) is 8. The third-order valence-corrected chi connectivity index (χ3v) is 7.68. The molecule has 1 aromatic carbocycles. The molecule has 1 aromatic heterocycles. The second-order valence-corrected chi connectivity index (χ2v) is 11.0. The van der Waals surface area contributed by atoms with Gasteiger partial charge in [-0.1, -0.05) is 30.3 Å². The second kappa shape index (κ2) is 15.2. The van der Waals surface area contributed by atoms with E-state index < -0.39 is 33.9 Å². The number of guanidine groups is 1. The topological polar surface area (TPSA) is 181 Å². The molecule has 15 heteroatoms. The first-order valence-electron chi connectivity index (χ1n) is 11.5. The zero-order chi connectivity index (χ0) is 27.0. The zero-order valence-corrected chi connectivity index (χ0v) is 25.9. The number of nitrogens with two attached hydrogens (primary N) is 2. The van der Waals surface area contributed by atoms with Gasteiger partial charge in [0.2, 0.25) is 17.6 Å². The number of aliphatic imine (C=N–C) groups is 1. The number of Topliss-reactive ketones (excluding diaryl/α,β-unsaturated/α-hetero) is 1. The van der Waals surface area contributed by atoms with Gasteiger partial charge in [-0.25, -0.2) is 24.0 Å². The summed E-state index contributed by atoms with van der Waals surface area (Å²) >= 11 is 1.16. The molecule has 2 aromatic rings. The summed E-state index contributed by atoms with van der Waals surface area (Å²) < 4.78 is 25.6. The third kappa shape index (κ3) is 9.48. The molecule has 2 amide bonds. The molecule has 200 valence electrons. The molecule has 1 aliphatic rings. The predicted octanol–water partition coefficient (Wildman–Crippen LogP) is -3.25. The fourth-order valence-corrected chi connectivity index (χ4v) is 5.56. The number of nitrogens with one attached hydrogen (secondary N) is 1. The molecule has 0 radical (unpaired) electrons. The van der Waals surface area contributed by atoms with Gasteiger partial charge in [0.25, 0.3) is 0 Å².